The van der Waals surface area contributed by atoms with Crippen LogP contribution in [0.25, 0.3) is 0 Å². The summed E-state index contributed by atoms with van der Waals surface area (Å²) in [5.74, 6) is 0. The predicted octanol–water partition coefficient (Wildman–Crippen LogP) is 3.17. The van der Waals surface area contributed by atoms with Crippen LogP contribution in [0.4, 0.5) is 13.2 Å². The van der Waals surface area contributed by atoms with Crippen molar-refractivity contribution in [2.45, 2.75) is 19.3 Å². The first kappa shape index (κ1) is 18.4. The summed E-state index contributed by atoms with van der Waals surface area (Å²) in [6.07, 6.45) is -4.53. The van der Waals surface area contributed by atoms with E-state index in [1.54, 1.807) is 30.3 Å². The van der Waals surface area contributed by atoms with Gasteiger partial charge in [0.15, 0.2) is 0 Å². The van der Waals surface area contributed by atoms with Crippen molar-refractivity contribution in [3.8, 4) is 0 Å². The van der Waals surface area contributed by atoms with Crippen LogP contribution < -0.4 is 4.72 Å². The van der Waals surface area contributed by atoms with Crippen LogP contribution >= 0.6 is 0 Å². The van der Waals surface area contributed by atoms with Gasteiger partial charge in [-0.1, -0.05) is 48.5 Å². The summed E-state index contributed by atoms with van der Waals surface area (Å²) in [4.78, 5) is 0. The number of alkyl halides is 3. The van der Waals surface area contributed by atoms with Gasteiger partial charge < -0.3 is 0 Å². The van der Waals surface area contributed by atoms with Gasteiger partial charge >= 0.3 is 6.18 Å². The minimum Gasteiger partial charge on any atom is -0.198 e. The smallest absolute Gasteiger partial charge is 0.198 e. The van der Waals surface area contributed by atoms with E-state index >= 15 is 0 Å². The third-order valence-electron chi connectivity index (χ3n) is 3.43. The third kappa shape index (κ3) is 4.80. The van der Waals surface area contributed by atoms with Gasteiger partial charge in [0.1, 0.15) is 0 Å². The van der Waals surface area contributed by atoms with Crippen LogP contribution in [0, 0.1) is 0 Å². The first-order valence-electron chi connectivity index (χ1n) is 7.10. The van der Waals surface area contributed by atoms with E-state index in [1.807, 2.05) is 0 Å². The molecule has 2 rings (SSSR count). The molecule has 130 valence electrons. The zero-order chi connectivity index (χ0) is 17.8. The molecule has 8 heteroatoms. The fraction of sp³-hybridized carbons (Fsp3) is 0.250. The second-order valence-electron chi connectivity index (χ2n) is 5.22. The summed E-state index contributed by atoms with van der Waals surface area (Å²) in [7, 11) is -2.67. The van der Waals surface area contributed by atoms with Gasteiger partial charge in [-0.25, -0.2) is 0 Å². The summed E-state index contributed by atoms with van der Waals surface area (Å²) in [6.45, 7) is -0.311. The Kier molecular flexibility index (Phi) is 5.63. The van der Waals surface area contributed by atoms with Crippen molar-refractivity contribution in [3.05, 3.63) is 71.3 Å². The zero-order valence-corrected chi connectivity index (χ0v) is 13.7. The molecule has 0 bridgehead atoms. The number of hydrogen-bond acceptors (Lipinski definition) is 2. The summed E-state index contributed by atoms with van der Waals surface area (Å²) in [5.41, 5.74) is -0.183. The molecule has 24 heavy (non-hydrogen) atoms. The van der Waals surface area contributed by atoms with Gasteiger partial charge in [-0.05, 0) is 17.2 Å². The SMILES string of the molecule is CN(Cc1ccccc1C(F)(F)F)S(=O)(=O)NCc1ccccc1. The highest BCUT2D eigenvalue weighted by atomic mass is 32.2. The predicted molar refractivity (Wildman–Crippen MR) is 85.1 cm³/mol. The van der Waals surface area contributed by atoms with Crippen molar-refractivity contribution < 1.29 is 21.6 Å². The molecular formula is C16H17F3N2O2S. The summed E-state index contributed by atoms with van der Waals surface area (Å²) in [6, 6.07) is 13.8. The number of benzene rings is 2. The number of nitrogens with one attached hydrogen (secondary N) is 1. The Morgan fingerprint density at radius 2 is 1.58 bits per heavy atom. The number of hydrogen-bond donors (Lipinski definition) is 1. The molecular weight excluding hydrogens is 341 g/mol. The van der Waals surface area contributed by atoms with Crippen molar-refractivity contribution >= 4 is 10.2 Å². The average molecular weight is 358 g/mol. The highest BCUT2D eigenvalue weighted by Crippen LogP contribution is 2.32. The Bertz CT molecular complexity index is 777. The van der Waals surface area contributed by atoms with Gasteiger partial charge in [-0.15, -0.1) is 0 Å². The molecule has 0 unspecified atom stereocenters. The number of halogens is 3. The molecule has 0 radical (unpaired) electrons. The maximum Gasteiger partial charge on any atom is 0.416 e. The van der Waals surface area contributed by atoms with E-state index in [9.17, 15) is 21.6 Å². The number of nitrogens with zero attached hydrogens (tertiary/aromatic N) is 1. The Labute approximate surface area is 139 Å². The van der Waals surface area contributed by atoms with Gasteiger partial charge in [0, 0.05) is 20.1 Å². The van der Waals surface area contributed by atoms with E-state index < -0.39 is 21.9 Å². The normalized spacial score (nSPS) is 12.5. The standard InChI is InChI=1S/C16H17F3N2O2S/c1-21(12-14-9-5-6-10-15(14)16(17,18)19)24(22,23)20-11-13-7-3-2-4-8-13/h2-10,20H,11-12H2,1H3. The monoisotopic (exact) mass is 358 g/mol. The fourth-order valence-electron chi connectivity index (χ4n) is 2.14. The van der Waals surface area contributed by atoms with Gasteiger partial charge in [0.05, 0.1) is 5.56 Å². The molecule has 0 amide bonds. The highest BCUT2D eigenvalue weighted by Gasteiger charge is 2.33. The van der Waals surface area contributed by atoms with Crippen LogP contribution in [0.5, 0.6) is 0 Å². The Morgan fingerprint density at radius 1 is 1.00 bits per heavy atom. The minimum absolute atomic E-state index is 0.0639. The molecule has 0 fully saturated rings. The first-order chi connectivity index (χ1) is 11.2. The molecule has 4 nitrogen and oxygen atoms in total. The van der Waals surface area contributed by atoms with E-state index in [2.05, 4.69) is 4.72 Å². The molecule has 0 atom stereocenters. The molecule has 0 spiro atoms. The minimum atomic E-state index is -4.53. The van der Waals surface area contributed by atoms with Gasteiger partial charge in [-0.3, -0.25) is 0 Å². The van der Waals surface area contributed by atoms with Crippen LogP contribution in [0.15, 0.2) is 54.6 Å². The largest absolute Gasteiger partial charge is 0.416 e. The molecule has 0 aliphatic heterocycles. The lowest BCUT2D eigenvalue weighted by atomic mass is 10.1. The van der Waals surface area contributed by atoms with Gasteiger partial charge in [-0.2, -0.15) is 30.6 Å². The summed E-state index contributed by atoms with van der Waals surface area (Å²) >= 11 is 0. The second-order valence-corrected chi connectivity index (χ2v) is 7.08. The molecule has 0 saturated heterocycles. The zero-order valence-electron chi connectivity index (χ0n) is 12.9. The fourth-order valence-corrected chi connectivity index (χ4v) is 3.02. The van der Waals surface area contributed by atoms with Crippen molar-refractivity contribution in [1.29, 1.82) is 0 Å². The van der Waals surface area contributed by atoms with E-state index in [1.165, 1.54) is 25.2 Å². The van der Waals surface area contributed by atoms with E-state index in [0.717, 1.165) is 15.9 Å². The lowest BCUT2D eigenvalue weighted by molar-refractivity contribution is -0.138. The molecule has 0 aliphatic rings. The molecule has 1 N–H and O–H groups in total. The van der Waals surface area contributed by atoms with Crippen molar-refractivity contribution in [2.75, 3.05) is 7.05 Å². The summed E-state index contributed by atoms with van der Waals surface area (Å²) in [5, 5.41) is 0. The molecule has 0 saturated carbocycles. The molecule has 0 aliphatic carbocycles. The van der Waals surface area contributed by atoms with Crippen molar-refractivity contribution in [1.82, 2.24) is 9.03 Å². The molecule has 0 heterocycles. The Morgan fingerprint density at radius 3 is 2.21 bits per heavy atom. The lowest BCUT2D eigenvalue weighted by Gasteiger charge is -2.20. The van der Waals surface area contributed by atoms with Crippen LogP contribution in [0.3, 0.4) is 0 Å². The maximum absolute atomic E-state index is 13.0. The van der Waals surface area contributed by atoms with Crippen molar-refractivity contribution in [2.24, 2.45) is 0 Å². The highest BCUT2D eigenvalue weighted by molar-refractivity contribution is 7.87. The third-order valence-corrected chi connectivity index (χ3v) is 4.89. The molecule has 0 aromatic heterocycles. The topological polar surface area (TPSA) is 49.4 Å². The molecule has 2 aromatic carbocycles. The van der Waals surface area contributed by atoms with Crippen LogP contribution in [-0.4, -0.2) is 19.8 Å². The average Bonchev–Trinajstić information content (AvgIpc) is 2.53. The Hall–Kier alpha value is -1.90. The van der Waals surface area contributed by atoms with E-state index in [0.29, 0.717) is 0 Å². The van der Waals surface area contributed by atoms with Crippen LogP contribution in [-0.2, 0) is 29.5 Å². The summed E-state index contributed by atoms with van der Waals surface area (Å²) < 4.78 is 66.6. The van der Waals surface area contributed by atoms with Gasteiger partial charge in [0.2, 0.25) is 0 Å². The maximum atomic E-state index is 13.0. The van der Waals surface area contributed by atoms with E-state index in [-0.39, 0.29) is 18.7 Å². The first-order valence-corrected chi connectivity index (χ1v) is 8.54. The second kappa shape index (κ2) is 7.33. The van der Waals surface area contributed by atoms with Crippen molar-refractivity contribution in [3.63, 3.8) is 0 Å². The lowest BCUT2D eigenvalue weighted by Crippen LogP contribution is -2.37. The van der Waals surface area contributed by atoms with Gasteiger partial charge in [0.25, 0.3) is 10.2 Å². The van der Waals surface area contributed by atoms with Crippen LogP contribution in [0.2, 0.25) is 0 Å². The van der Waals surface area contributed by atoms with E-state index in [4.69, 9.17) is 0 Å². The quantitative estimate of drug-likeness (QED) is 0.862. The number of rotatable bonds is 6. The molecule has 2 aromatic rings. The Balaban J connectivity index is 2.10. The van der Waals surface area contributed by atoms with Crippen LogP contribution in [0.1, 0.15) is 16.7 Å².